The van der Waals surface area contributed by atoms with Gasteiger partial charge in [0.1, 0.15) is 0 Å². The molecule has 3 N–H and O–H groups in total. The minimum Gasteiger partial charge on any atom is -0.504 e. The van der Waals surface area contributed by atoms with Crippen LogP contribution in [0.5, 0.6) is 11.5 Å². The highest BCUT2D eigenvalue weighted by atomic mass is 35.5. The number of phenols is 1. The number of phenolic OH excluding ortho intramolecular Hbond substituents is 1. The van der Waals surface area contributed by atoms with Gasteiger partial charge >= 0.3 is 0 Å². The maximum atomic E-state index is 9.61. The first kappa shape index (κ1) is 15.1. The van der Waals surface area contributed by atoms with Crippen LogP contribution in [0, 0.1) is 5.92 Å². The number of hydrogen-bond acceptors (Lipinski definition) is 3. The Kier molecular flexibility index (Phi) is 6.22. The van der Waals surface area contributed by atoms with Crippen LogP contribution in [0.2, 0.25) is 0 Å². The van der Waals surface area contributed by atoms with Crippen molar-refractivity contribution < 1.29 is 9.84 Å². The number of rotatable bonds is 4. The second kappa shape index (κ2) is 6.61. The van der Waals surface area contributed by atoms with Gasteiger partial charge in [-0.3, -0.25) is 0 Å². The van der Waals surface area contributed by atoms with Crippen molar-refractivity contribution in [3.63, 3.8) is 0 Å². The summed E-state index contributed by atoms with van der Waals surface area (Å²) < 4.78 is 4.98. The Morgan fingerprint density at radius 1 is 1.44 bits per heavy atom. The van der Waals surface area contributed by atoms with Gasteiger partial charge in [-0.2, -0.15) is 0 Å². The number of halogens is 1. The molecule has 0 radical (unpaired) electrons. The van der Waals surface area contributed by atoms with E-state index in [1.807, 2.05) is 6.07 Å². The first-order valence-electron chi connectivity index (χ1n) is 5.22. The molecule has 0 bridgehead atoms. The summed E-state index contributed by atoms with van der Waals surface area (Å²) in [6.45, 7) is 4.21. The molecule has 0 aromatic heterocycles. The summed E-state index contributed by atoms with van der Waals surface area (Å²) in [5.74, 6) is 1.03. The number of nitrogens with two attached hydrogens (primary N) is 1. The van der Waals surface area contributed by atoms with Gasteiger partial charge in [-0.15, -0.1) is 12.4 Å². The molecule has 0 aliphatic carbocycles. The van der Waals surface area contributed by atoms with Crippen LogP contribution < -0.4 is 10.5 Å². The summed E-state index contributed by atoms with van der Waals surface area (Å²) >= 11 is 0. The molecule has 92 valence electrons. The molecule has 1 aromatic carbocycles. The van der Waals surface area contributed by atoms with Crippen LogP contribution in [0.1, 0.15) is 31.9 Å². The van der Waals surface area contributed by atoms with Crippen LogP contribution in [-0.2, 0) is 0 Å². The lowest BCUT2D eigenvalue weighted by atomic mass is 9.93. The van der Waals surface area contributed by atoms with Gasteiger partial charge in [-0.05, 0) is 23.6 Å². The predicted octanol–water partition coefficient (Wildman–Crippen LogP) is 2.87. The van der Waals surface area contributed by atoms with Gasteiger partial charge in [-0.1, -0.05) is 26.3 Å². The highest BCUT2D eigenvalue weighted by molar-refractivity contribution is 5.85. The van der Waals surface area contributed by atoms with Gasteiger partial charge in [0.05, 0.1) is 7.11 Å². The van der Waals surface area contributed by atoms with Crippen molar-refractivity contribution in [3.05, 3.63) is 23.8 Å². The van der Waals surface area contributed by atoms with Crippen molar-refractivity contribution in [3.8, 4) is 11.5 Å². The third-order valence-electron chi connectivity index (χ3n) is 2.84. The van der Waals surface area contributed by atoms with Crippen molar-refractivity contribution in [2.45, 2.75) is 26.3 Å². The third kappa shape index (κ3) is 3.29. The van der Waals surface area contributed by atoms with Crippen molar-refractivity contribution >= 4 is 12.4 Å². The molecule has 1 rings (SSSR count). The molecule has 4 heteroatoms. The highest BCUT2D eigenvalue weighted by Crippen LogP contribution is 2.30. The molecule has 0 heterocycles. The lowest BCUT2D eigenvalue weighted by Gasteiger charge is -2.19. The largest absolute Gasteiger partial charge is 0.504 e. The van der Waals surface area contributed by atoms with Gasteiger partial charge in [0, 0.05) is 6.04 Å². The number of aromatic hydroxyl groups is 1. The fraction of sp³-hybridized carbons (Fsp3) is 0.500. The molecule has 1 aromatic rings. The molecule has 0 saturated carbocycles. The van der Waals surface area contributed by atoms with Crippen LogP contribution in [0.25, 0.3) is 0 Å². The van der Waals surface area contributed by atoms with Crippen LogP contribution in [0.15, 0.2) is 18.2 Å². The van der Waals surface area contributed by atoms with Gasteiger partial charge in [0.2, 0.25) is 0 Å². The second-order valence-electron chi connectivity index (χ2n) is 3.84. The quantitative estimate of drug-likeness (QED) is 0.858. The fourth-order valence-electron chi connectivity index (χ4n) is 1.50. The van der Waals surface area contributed by atoms with Crippen molar-refractivity contribution in [1.82, 2.24) is 0 Å². The smallest absolute Gasteiger partial charge is 0.160 e. The first-order valence-corrected chi connectivity index (χ1v) is 5.22. The summed E-state index contributed by atoms with van der Waals surface area (Å²) in [6, 6.07) is 5.28. The minimum absolute atomic E-state index is 0. The van der Waals surface area contributed by atoms with Gasteiger partial charge in [0.25, 0.3) is 0 Å². The van der Waals surface area contributed by atoms with Crippen LogP contribution >= 0.6 is 12.4 Å². The number of benzene rings is 1. The zero-order valence-electron chi connectivity index (χ0n) is 9.93. The second-order valence-corrected chi connectivity index (χ2v) is 3.84. The third-order valence-corrected chi connectivity index (χ3v) is 2.84. The van der Waals surface area contributed by atoms with Crippen molar-refractivity contribution in [2.24, 2.45) is 11.7 Å². The van der Waals surface area contributed by atoms with Crippen LogP contribution in [-0.4, -0.2) is 12.2 Å². The normalized spacial score (nSPS) is 13.8. The Morgan fingerprint density at radius 2 is 2.06 bits per heavy atom. The molecule has 0 spiro atoms. The molecular formula is C12H20ClNO2. The molecule has 1 unspecified atom stereocenters. The Labute approximate surface area is 103 Å². The van der Waals surface area contributed by atoms with E-state index in [0.717, 1.165) is 12.0 Å². The van der Waals surface area contributed by atoms with Gasteiger partial charge < -0.3 is 15.6 Å². The molecule has 0 saturated heterocycles. The van der Waals surface area contributed by atoms with E-state index in [-0.39, 0.29) is 24.2 Å². The molecule has 3 nitrogen and oxygen atoms in total. The van der Waals surface area contributed by atoms with E-state index >= 15 is 0 Å². The Bertz CT molecular complexity index is 331. The maximum absolute atomic E-state index is 9.61. The molecule has 0 aliphatic rings. The average molecular weight is 246 g/mol. The topological polar surface area (TPSA) is 55.5 Å². The lowest BCUT2D eigenvalue weighted by Crippen LogP contribution is -2.18. The minimum atomic E-state index is -0.0354. The van der Waals surface area contributed by atoms with E-state index in [4.69, 9.17) is 10.5 Å². The van der Waals surface area contributed by atoms with E-state index in [9.17, 15) is 5.11 Å². The molecule has 0 aliphatic heterocycles. The Balaban J connectivity index is 0.00000225. The summed E-state index contributed by atoms with van der Waals surface area (Å²) in [7, 11) is 1.53. The Morgan fingerprint density at radius 3 is 2.50 bits per heavy atom. The van der Waals surface area contributed by atoms with Crippen molar-refractivity contribution in [1.29, 1.82) is 0 Å². The van der Waals surface area contributed by atoms with E-state index in [0.29, 0.717) is 11.7 Å². The summed E-state index contributed by atoms with van der Waals surface area (Å²) in [5.41, 5.74) is 7.00. The highest BCUT2D eigenvalue weighted by Gasteiger charge is 2.14. The first-order chi connectivity index (χ1) is 7.10. The lowest BCUT2D eigenvalue weighted by molar-refractivity contribution is 0.371. The maximum Gasteiger partial charge on any atom is 0.160 e. The molecule has 16 heavy (non-hydrogen) atoms. The van der Waals surface area contributed by atoms with E-state index < -0.39 is 0 Å². The monoisotopic (exact) mass is 245 g/mol. The van der Waals surface area contributed by atoms with E-state index in [2.05, 4.69) is 13.8 Å². The average Bonchev–Trinajstić information content (AvgIpc) is 2.26. The fourth-order valence-corrected chi connectivity index (χ4v) is 1.50. The number of ether oxygens (including phenoxy) is 1. The molecule has 0 amide bonds. The zero-order valence-corrected chi connectivity index (χ0v) is 10.8. The number of hydrogen-bond donors (Lipinski definition) is 2. The van der Waals surface area contributed by atoms with Crippen molar-refractivity contribution in [2.75, 3.05) is 7.11 Å². The molecule has 2 atom stereocenters. The van der Waals surface area contributed by atoms with Crippen LogP contribution in [0.3, 0.4) is 0 Å². The van der Waals surface area contributed by atoms with Gasteiger partial charge in [0.15, 0.2) is 11.5 Å². The van der Waals surface area contributed by atoms with Crippen LogP contribution in [0.4, 0.5) is 0 Å². The molecule has 0 fully saturated rings. The number of methoxy groups -OCH3 is 1. The zero-order chi connectivity index (χ0) is 11.4. The summed E-state index contributed by atoms with van der Waals surface area (Å²) in [5, 5.41) is 9.61. The SMILES string of the molecule is CCC(C)[C@@H](N)c1ccc(OC)c(O)c1.Cl. The summed E-state index contributed by atoms with van der Waals surface area (Å²) in [4.78, 5) is 0. The predicted molar refractivity (Wildman–Crippen MR) is 68.3 cm³/mol. The standard InChI is InChI=1S/C12H19NO2.ClH/c1-4-8(2)12(13)9-5-6-11(15-3)10(14)7-9;/h5-8,12,14H,4,13H2,1-3H3;1H/t8?,12-;/m1./s1. The van der Waals surface area contributed by atoms with E-state index in [1.165, 1.54) is 7.11 Å². The Hall–Kier alpha value is -0.930. The summed E-state index contributed by atoms with van der Waals surface area (Å²) in [6.07, 6.45) is 1.02. The molecular weight excluding hydrogens is 226 g/mol. The van der Waals surface area contributed by atoms with E-state index in [1.54, 1.807) is 12.1 Å². The van der Waals surface area contributed by atoms with Gasteiger partial charge in [-0.25, -0.2) is 0 Å².